The minimum Gasteiger partial charge on any atom is -0.378 e. The van der Waals surface area contributed by atoms with Crippen molar-refractivity contribution in [1.29, 1.82) is 0 Å². The third-order valence-corrected chi connectivity index (χ3v) is 3.78. The molecule has 0 bridgehead atoms. The van der Waals surface area contributed by atoms with E-state index in [9.17, 15) is 14.4 Å². The maximum Gasteiger partial charge on any atom is 0.324 e. The largest absolute Gasteiger partial charge is 0.378 e. The van der Waals surface area contributed by atoms with Crippen LogP contribution in [0.15, 0.2) is 24.3 Å². The van der Waals surface area contributed by atoms with Gasteiger partial charge in [-0.25, -0.2) is 4.79 Å². The summed E-state index contributed by atoms with van der Waals surface area (Å²) in [5, 5.41) is 2.48. The van der Waals surface area contributed by atoms with E-state index in [0.29, 0.717) is 31.9 Å². The summed E-state index contributed by atoms with van der Waals surface area (Å²) < 4.78 is 5.23. The predicted octanol–water partition coefficient (Wildman–Crippen LogP) is 0.211. The number of carbonyl (C=O) groups is 3. The lowest BCUT2D eigenvalue weighted by Crippen LogP contribution is -2.40. The second-order valence-electron chi connectivity index (χ2n) is 5.24. The normalized spacial score (nSPS) is 18.5. The zero-order valence-corrected chi connectivity index (χ0v) is 12.1. The van der Waals surface area contributed by atoms with Crippen molar-refractivity contribution in [2.45, 2.75) is 6.54 Å². The summed E-state index contributed by atoms with van der Waals surface area (Å²) >= 11 is 0. The van der Waals surface area contributed by atoms with Crippen molar-refractivity contribution in [1.82, 2.24) is 15.1 Å². The van der Waals surface area contributed by atoms with Gasteiger partial charge in [0.15, 0.2) is 0 Å². The number of ether oxygens (including phenoxy) is 1. The van der Waals surface area contributed by atoms with E-state index in [-0.39, 0.29) is 30.9 Å². The average Bonchev–Trinajstić information content (AvgIpc) is 2.88. The highest BCUT2D eigenvalue weighted by Gasteiger charge is 2.28. The van der Waals surface area contributed by atoms with Crippen LogP contribution < -0.4 is 5.32 Å². The third kappa shape index (κ3) is 2.94. The molecule has 1 aromatic carbocycles. The monoisotopic (exact) mass is 303 g/mol. The van der Waals surface area contributed by atoms with E-state index < -0.39 is 0 Å². The molecule has 7 nitrogen and oxygen atoms in total. The Morgan fingerprint density at radius 1 is 1.14 bits per heavy atom. The van der Waals surface area contributed by atoms with Crippen LogP contribution in [0, 0.1) is 0 Å². The smallest absolute Gasteiger partial charge is 0.324 e. The van der Waals surface area contributed by atoms with Crippen LogP contribution >= 0.6 is 0 Å². The third-order valence-electron chi connectivity index (χ3n) is 3.78. The number of benzene rings is 1. The molecule has 22 heavy (non-hydrogen) atoms. The number of carbonyl (C=O) groups excluding carboxylic acids is 3. The summed E-state index contributed by atoms with van der Waals surface area (Å²) in [4.78, 5) is 38.3. The van der Waals surface area contributed by atoms with Crippen LogP contribution in [0.4, 0.5) is 4.79 Å². The Labute approximate surface area is 127 Å². The molecule has 2 aliphatic rings. The summed E-state index contributed by atoms with van der Waals surface area (Å²) in [6.07, 6.45) is 0. The summed E-state index contributed by atoms with van der Waals surface area (Å²) in [7, 11) is 0. The molecule has 0 unspecified atom stereocenters. The molecule has 0 saturated carbocycles. The molecular weight excluding hydrogens is 286 g/mol. The number of hydrogen-bond donors (Lipinski definition) is 1. The van der Waals surface area contributed by atoms with Crippen LogP contribution in [0.3, 0.4) is 0 Å². The molecule has 0 aromatic heterocycles. The fourth-order valence-corrected chi connectivity index (χ4v) is 2.50. The van der Waals surface area contributed by atoms with Gasteiger partial charge in [-0.2, -0.15) is 0 Å². The molecule has 2 heterocycles. The molecule has 2 fully saturated rings. The lowest BCUT2D eigenvalue weighted by Gasteiger charge is -2.26. The molecule has 116 valence electrons. The van der Waals surface area contributed by atoms with E-state index >= 15 is 0 Å². The Hall–Kier alpha value is -2.41. The Balaban J connectivity index is 1.66. The van der Waals surface area contributed by atoms with E-state index in [0.717, 1.165) is 5.56 Å². The van der Waals surface area contributed by atoms with Crippen molar-refractivity contribution in [3.8, 4) is 0 Å². The molecule has 1 aromatic rings. The highest BCUT2D eigenvalue weighted by atomic mass is 16.5. The molecule has 0 aliphatic carbocycles. The molecular formula is C15H17N3O4. The van der Waals surface area contributed by atoms with E-state index in [1.807, 2.05) is 0 Å². The molecule has 2 aliphatic heterocycles. The maximum absolute atomic E-state index is 12.3. The fraction of sp³-hybridized carbons (Fsp3) is 0.400. The first-order valence-electron chi connectivity index (χ1n) is 7.19. The van der Waals surface area contributed by atoms with Crippen LogP contribution in [0.5, 0.6) is 0 Å². The number of rotatable bonds is 3. The van der Waals surface area contributed by atoms with Gasteiger partial charge in [0.25, 0.3) is 5.91 Å². The van der Waals surface area contributed by atoms with E-state index in [2.05, 4.69) is 5.32 Å². The van der Waals surface area contributed by atoms with Crippen molar-refractivity contribution in [2.75, 3.05) is 32.8 Å². The second-order valence-corrected chi connectivity index (χ2v) is 5.24. The fourth-order valence-electron chi connectivity index (χ4n) is 2.50. The summed E-state index contributed by atoms with van der Waals surface area (Å²) in [6, 6.07) is 6.62. The minimum atomic E-state index is -0.376. The van der Waals surface area contributed by atoms with Crippen LogP contribution in [0.25, 0.3) is 0 Å². The Bertz CT molecular complexity index is 577. The molecule has 0 spiro atoms. The Morgan fingerprint density at radius 2 is 1.82 bits per heavy atom. The van der Waals surface area contributed by atoms with E-state index in [1.165, 1.54) is 4.90 Å². The molecule has 1 N–H and O–H groups in total. The van der Waals surface area contributed by atoms with Crippen LogP contribution in [0.1, 0.15) is 15.9 Å². The first-order chi connectivity index (χ1) is 10.6. The first kappa shape index (κ1) is 14.5. The summed E-state index contributed by atoms with van der Waals surface area (Å²) in [6.45, 7) is 2.60. The lowest BCUT2D eigenvalue weighted by molar-refractivity contribution is -0.125. The number of nitrogens with one attached hydrogen (secondary N) is 1. The van der Waals surface area contributed by atoms with Crippen LogP contribution in [0.2, 0.25) is 0 Å². The number of nitrogens with zero attached hydrogens (tertiary/aromatic N) is 2. The number of imide groups is 1. The molecule has 7 heteroatoms. The number of amides is 4. The zero-order chi connectivity index (χ0) is 15.5. The van der Waals surface area contributed by atoms with Crippen molar-refractivity contribution < 1.29 is 19.1 Å². The highest BCUT2D eigenvalue weighted by Crippen LogP contribution is 2.12. The van der Waals surface area contributed by atoms with Gasteiger partial charge in [0.1, 0.15) is 0 Å². The molecule has 0 atom stereocenters. The van der Waals surface area contributed by atoms with Gasteiger partial charge in [-0.1, -0.05) is 12.1 Å². The number of hydrogen-bond acceptors (Lipinski definition) is 4. The van der Waals surface area contributed by atoms with Gasteiger partial charge in [-0.3, -0.25) is 14.5 Å². The zero-order valence-electron chi connectivity index (χ0n) is 12.1. The topological polar surface area (TPSA) is 79.0 Å². The summed E-state index contributed by atoms with van der Waals surface area (Å²) in [5.41, 5.74) is 1.41. The lowest BCUT2D eigenvalue weighted by atomic mass is 10.1. The summed E-state index contributed by atoms with van der Waals surface area (Å²) in [5.74, 6) is -0.261. The van der Waals surface area contributed by atoms with E-state index in [4.69, 9.17) is 4.74 Å². The van der Waals surface area contributed by atoms with Gasteiger partial charge in [0, 0.05) is 18.7 Å². The number of morpholine rings is 1. The Morgan fingerprint density at radius 3 is 2.41 bits per heavy atom. The van der Waals surface area contributed by atoms with Gasteiger partial charge in [0.2, 0.25) is 5.91 Å². The van der Waals surface area contributed by atoms with Gasteiger partial charge in [-0.05, 0) is 17.7 Å². The molecule has 4 amide bonds. The molecule has 3 rings (SSSR count). The average molecular weight is 303 g/mol. The van der Waals surface area contributed by atoms with Gasteiger partial charge in [0.05, 0.1) is 26.3 Å². The van der Waals surface area contributed by atoms with E-state index in [1.54, 1.807) is 29.2 Å². The second kappa shape index (κ2) is 6.15. The van der Waals surface area contributed by atoms with Crippen LogP contribution in [-0.2, 0) is 16.1 Å². The SMILES string of the molecule is O=C(c1ccc(CN2C(=O)CNC2=O)cc1)N1CCOCC1. The van der Waals surface area contributed by atoms with Gasteiger partial charge < -0.3 is 15.0 Å². The Kier molecular flexibility index (Phi) is 4.06. The van der Waals surface area contributed by atoms with Gasteiger partial charge >= 0.3 is 6.03 Å². The standard InChI is InChI=1S/C15H17N3O4/c19-13-9-16-15(21)18(13)10-11-1-3-12(4-2-11)14(20)17-5-7-22-8-6-17/h1-4H,5-10H2,(H,16,21). The quantitative estimate of drug-likeness (QED) is 0.810. The van der Waals surface area contributed by atoms with Crippen molar-refractivity contribution >= 4 is 17.8 Å². The maximum atomic E-state index is 12.3. The molecule has 2 saturated heterocycles. The minimum absolute atomic E-state index is 0.0233. The predicted molar refractivity (Wildman–Crippen MR) is 77.1 cm³/mol. The van der Waals surface area contributed by atoms with Crippen molar-refractivity contribution in [3.05, 3.63) is 35.4 Å². The van der Waals surface area contributed by atoms with Crippen molar-refractivity contribution in [3.63, 3.8) is 0 Å². The van der Waals surface area contributed by atoms with Crippen molar-refractivity contribution in [2.24, 2.45) is 0 Å². The first-order valence-corrected chi connectivity index (χ1v) is 7.19. The van der Waals surface area contributed by atoms with Crippen LogP contribution in [-0.4, -0.2) is 60.5 Å². The highest BCUT2D eigenvalue weighted by molar-refractivity contribution is 6.01. The molecule has 0 radical (unpaired) electrons. The van der Waals surface area contributed by atoms with Gasteiger partial charge in [-0.15, -0.1) is 0 Å². The number of urea groups is 1.